The Hall–Kier alpha value is -6.40. The molecule has 0 bridgehead atoms. The van der Waals surface area contributed by atoms with E-state index < -0.39 is 8.07 Å². The van der Waals surface area contributed by atoms with Gasteiger partial charge in [0.1, 0.15) is 12.1 Å². The Kier molecular flexibility index (Phi) is 7.56. The molecule has 0 aromatic heterocycles. The van der Waals surface area contributed by atoms with E-state index in [0.717, 1.165) is 55.7 Å². The first-order chi connectivity index (χ1) is 24.4. The first kappa shape index (κ1) is 30.9. The summed E-state index contributed by atoms with van der Waals surface area (Å²) < 4.78 is 0. The summed E-state index contributed by atoms with van der Waals surface area (Å²) >= 11 is 0. The van der Waals surface area contributed by atoms with Crippen molar-refractivity contribution in [3.05, 3.63) is 163 Å². The van der Waals surface area contributed by atoms with Crippen LogP contribution in [0.25, 0.3) is 32.3 Å². The third-order valence-electron chi connectivity index (χ3n) is 9.60. The Morgan fingerprint density at radius 1 is 0.420 bits per heavy atom. The Morgan fingerprint density at radius 2 is 0.860 bits per heavy atom. The molecule has 0 saturated heterocycles. The molecule has 0 aliphatic heterocycles. The predicted molar refractivity (Wildman–Crippen MR) is 212 cm³/mol. The Labute approximate surface area is 293 Å². The molecule has 0 aliphatic carbocycles. The molecule has 238 valence electrons. The van der Waals surface area contributed by atoms with Crippen molar-refractivity contribution in [2.24, 2.45) is 0 Å². The third kappa shape index (κ3) is 5.04. The molecular formula is C45H34N4Si. The fourth-order valence-electron chi connectivity index (χ4n) is 7.36. The molecule has 4 nitrogen and oxygen atoms in total. The van der Waals surface area contributed by atoms with Crippen LogP contribution in [0.1, 0.15) is 11.1 Å². The number of benzene rings is 8. The molecule has 8 aromatic rings. The van der Waals surface area contributed by atoms with Gasteiger partial charge >= 0.3 is 0 Å². The van der Waals surface area contributed by atoms with Crippen LogP contribution < -0.4 is 15.0 Å². The van der Waals surface area contributed by atoms with Crippen LogP contribution in [0.5, 0.6) is 0 Å². The van der Waals surface area contributed by atoms with Crippen LogP contribution in [0.2, 0.25) is 19.6 Å². The Bertz CT molecular complexity index is 2630. The van der Waals surface area contributed by atoms with Crippen LogP contribution in [-0.2, 0) is 0 Å². The van der Waals surface area contributed by atoms with E-state index in [2.05, 4.69) is 133 Å². The molecule has 8 rings (SSSR count). The number of hydrogen-bond donors (Lipinski definition) is 0. The minimum atomic E-state index is -1.81. The van der Waals surface area contributed by atoms with Gasteiger partial charge in [-0.1, -0.05) is 117 Å². The number of hydrogen-bond acceptors (Lipinski definition) is 4. The average Bonchev–Trinajstić information content (AvgIpc) is 3.15. The standard InChI is InChI=1S/C45H34N4Si/c1-50(2,3)43-20-12-11-19-42(43)49(39-18-10-8-14-34(39)30-47)41-28-24-32-21-25-36-40(27-23-31-22-26-37(41)45(32)44(31)36)48(35-15-5-4-6-16-35)38-17-9-7-13-33(38)29-46/h4-28H,1-3H3. The summed E-state index contributed by atoms with van der Waals surface area (Å²) in [6, 6.07) is 57.2. The van der Waals surface area contributed by atoms with Gasteiger partial charge in [0.05, 0.1) is 42.0 Å². The Balaban J connectivity index is 1.45. The van der Waals surface area contributed by atoms with Gasteiger partial charge in [0.2, 0.25) is 0 Å². The lowest BCUT2D eigenvalue weighted by Gasteiger charge is -2.33. The normalized spacial score (nSPS) is 11.5. The van der Waals surface area contributed by atoms with Crippen molar-refractivity contribution >= 4 is 79.7 Å². The number of anilines is 6. The van der Waals surface area contributed by atoms with Gasteiger partial charge in [0.15, 0.2) is 0 Å². The van der Waals surface area contributed by atoms with Crippen LogP contribution >= 0.6 is 0 Å². The second-order valence-electron chi connectivity index (χ2n) is 13.6. The lowest BCUT2D eigenvalue weighted by atomic mass is 9.91. The fraction of sp³-hybridized carbons (Fsp3) is 0.0667. The zero-order valence-corrected chi connectivity index (χ0v) is 29.2. The summed E-state index contributed by atoms with van der Waals surface area (Å²) in [5, 5.41) is 28.7. The summed E-state index contributed by atoms with van der Waals surface area (Å²) in [7, 11) is -1.81. The molecule has 0 amide bonds. The Morgan fingerprint density at radius 3 is 1.40 bits per heavy atom. The smallest absolute Gasteiger partial charge is 0.101 e. The van der Waals surface area contributed by atoms with Gasteiger partial charge in [0, 0.05) is 22.1 Å². The van der Waals surface area contributed by atoms with Gasteiger partial charge in [-0.3, -0.25) is 0 Å². The van der Waals surface area contributed by atoms with Crippen molar-refractivity contribution in [2.45, 2.75) is 19.6 Å². The maximum Gasteiger partial charge on any atom is 0.101 e. The van der Waals surface area contributed by atoms with Gasteiger partial charge in [-0.05, 0) is 81.3 Å². The quantitative estimate of drug-likeness (QED) is 0.126. The molecule has 0 unspecified atom stereocenters. The highest BCUT2D eigenvalue weighted by Crippen LogP contribution is 2.48. The fourth-order valence-corrected chi connectivity index (χ4v) is 8.92. The first-order valence-electron chi connectivity index (χ1n) is 16.8. The average molecular weight is 659 g/mol. The van der Waals surface area contributed by atoms with Gasteiger partial charge in [-0.15, -0.1) is 0 Å². The van der Waals surface area contributed by atoms with E-state index in [1.54, 1.807) is 0 Å². The summed E-state index contributed by atoms with van der Waals surface area (Å²) in [6.45, 7) is 7.11. The molecular weight excluding hydrogens is 625 g/mol. The molecule has 0 fully saturated rings. The predicted octanol–water partition coefficient (Wildman–Crippen LogP) is 11.8. The van der Waals surface area contributed by atoms with Crippen LogP contribution in [0.15, 0.2) is 152 Å². The van der Waals surface area contributed by atoms with Crippen molar-refractivity contribution in [2.75, 3.05) is 9.80 Å². The van der Waals surface area contributed by atoms with Crippen molar-refractivity contribution < 1.29 is 0 Å². The van der Waals surface area contributed by atoms with Crippen LogP contribution in [0.3, 0.4) is 0 Å². The summed E-state index contributed by atoms with van der Waals surface area (Å²) in [4.78, 5) is 4.50. The van der Waals surface area contributed by atoms with E-state index in [-0.39, 0.29) is 0 Å². The van der Waals surface area contributed by atoms with Crippen LogP contribution in [-0.4, -0.2) is 8.07 Å². The highest BCUT2D eigenvalue weighted by atomic mass is 28.3. The third-order valence-corrected chi connectivity index (χ3v) is 11.6. The summed E-state index contributed by atoms with van der Waals surface area (Å²) in [6.07, 6.45) is 0. The monoisotopic (exact) mass is 658 g/mol. The largest absolute Gasteiger partial charge is 0.309 e. The number of para-hydroxylation sites is 4. The molecule has 50 heavy (non-hydrogen) atoms. The molecule has 0 N–H and O–H groups in total. The molecule has 0 saturated carbocycles. The van der Waals surface area contributed by atoms with Gasteiger partial charge in [-0.25, -0.2) is 0 Å². The summed E-state index contributed by atoms with van der Waals surface area (Å²) in [5.41, 5.74) is 7.04. The molecule has 0 heterocycles. The maximum absolute atomic E-state index is 10.3. The van der Waals surface area contributed by atoms with Crippen molar-refractivity contribution in [3.63, 3.8) is 0 Å². The maximum atomic E-state index is 10.3. The minimum Gasteiger partial charge on any atom is -0.309 e. The van der Waals surface area contributed by atoms with Crippen molar-refractivity contribution in [1.82, 2.24) is 0 Å². The highest BCUT2D eigenvalue weighted by molar-refractivity contribution is 6.89. The lowest BCUT2D eigenvalue weighted by molar-refractivity contribution is 1.28. The van der Waals surface area contributed by atoms with E-state index in [0.29, 0.717) is 11.1 Å². The number of nitrogens with zero attached hydrogens (tertiary/aromatic N) is 4. The van der Waals surface area contributed by atoms with E-state index in [4.69, 9.17) is 0 Å². The van der Waals surface area contributed by atoms with Crippen molar-refractivity contribution in [3.8, 4) is 12.1 Å². The topological polar surface area (TPSA) is 54.1 Å². The van der Waals surface area contributed by atoms with E-state index in [1.165, 1.54) is 16.0 Å². The molecule has 0 aliphatic rings. The van der Waals surface area contributed by atoms with E-state index >= 15 is 0 Å². The molecule has 0 spiro atoms. The molecule has 0 radical (unpaired) electrons. The molecule has 0 atom stereocenters. The SMILES string of the molecule is C[Si](C)(C)c1ccccc1N(c1ccccc1C#N)c1ccc2ccc3c(N(c4ccccc4)c4ccccc4C#N)ccc4ccc1c2c43. The van der Waals surface area contributed by atoms with Crippen LogP contribution in [0.4, 0.5) is 34.1 Å². The second-order valence-corrected chi connectivity index (χ2v) is 18.7. The van der Waals surface area contributed by atoms with E-state index in [9.17, 15) is 10.5 Å². The van der Waals surface area contributed by atoms with Gasteiger partial charge in [-0.2, -0.15) is 10.5 Å². The highest BCUT2D eigenvalue weighted by Gasteiger charge is 2.28. The zero-order valence-electron chi connectivity index (χ0n) is 28.2. The second kappa shape index (κ2) is 12.2. The number of nitriles is 2. The summed E-state index contributed by atoms with van der Waals surface area (Å²) in [5.74, 6) is 0. The van der Waals surface area contributed by atoms with Crippen LogP contribution in [0, 0.1) is 22.7 Å². The zero-order chi connectivity index (χ0) is 34.4. The van der Waals surface area contributed by atoms with Crippen molar-refractivity contribution in [1.29, 1.82) is 10.5 Å². The molecule has 8 aromatic carbocycles. The van der Waals surface area contributed by atoms with Gasteiger partial charge < -0.3 is 9.80 Å². The van der Waals surface area contributed by atoms with Gasteiger partial charge in [0.25, 0.3) is 0 Å². The minimum absolute atomic E-state index is 0.609. The molecule has 5 heteroatoms. The first-order valence-corrected chi connectivity index (χ1v) is 20.3. The lowest BCUT2D eigenvalue weighted by Crippen LogP contribution is -2.40. The number of rotatable bonds is 7. The van der Waals surface area contributed by atoms with E-state index in [1.807, 2.05) is 60.7 Å².